The molecule has 1 aromatic heterocycles. The van der Waals surface area contributed by atoms with Crippen LogP contribution in [-0.2, 0) is 16.0 Å². The van der Waals surface area contributed by atoms with Gasteiger partial charge in [0, 0.05) is 32.1 Å². The monoisotopic (exact) mass is 256 g/mol. The van der Waals surface area contributed by atoms with Gasteiger partial charge in [0.25, 0.3) is 0 Å². The lowest BCUT2D eigenvalue weighted by Gasteiger charge is -2.03. The maximum atomic E-state index is 10.9. The van der Waals surface area contributed by atoms with Gasteiger partial charge in [0.2, 0.25) is 5.91 Å². The number of carbonyl (C=O) groups excluding carboxylic acids is 1. The summed E-state index contributed by atoms with van der Waals surface area (Å²) < 4.78 is 5.49. The predicted octanol–water partition coefficient (Wildman–Crippen LogP) is 2.01. The summed E-state index contributed by atoms with van der Waals surface area (Å²) in [6.45, 7) is 1.52. The van der Waals surface area contributed by atoms with E-state index in [1.165, 1.54) is 0 Å². The second kappa shape index (κ2) is 9.13. The van der Waals surface area contributed by atoms with Crippen LogP contribution in [0.5, 0.6) is 0 Å². The number of hydrogen-bond donors (Lipinski definition) is 1. The van der Waals surface area contributed by atoms with E-state index in [1.54, 1.807) is 18.4 Å². The summed E-state index contributed by atoms with van der Waals surface area (Å²) in [6, 6.07) is 0. The number of ether oxygens (including phenoxy) is 1. The normalized spacial score (nSPS) is 10.4. The number of aryl methyl sites for hydroxylation is 1. The zero-order valence-electron chi connectivity index (χ0n) is 10.3. The molecule has 0 bridgehead atoms. The fourth-order valence-electron chi connectivity index (χ4n) is 1.43. The van der Waals surface area contributed by atoms with Gasteiger partial charge in [0.1, 0.15) is 0 Å². The molecule has 1 heterocycles. The van der Waals surface area contributed by atoms with E-state index in [0.29, 0.717) is 6.42 Å². The highest BCUT2D eigenvalue weighted by Gasteiger charge is 1.98. The minimum Gasteiger partial charge on any atom is -0.381 e. The van der Waals surface area contributed by atoms with Gasteiger partial charge in [-0.25, -0.2) is 4.98 Å². The zero-order valence-corrected chi connectivity index (χ0v) is 11.1. The summed E-state index contributed by atoms with van der Waals surface area (Å²) in [6.07, 6.45) is 4.44. The zero-order chi connectivity index (χ0) is 12.3. The molecule has 4 nitrogen and oxygen atoms in total. The van der Waals surface area contributed by atoms with E-state index in [4.69, 9.17) is 4.74 Å². The van der Waals surface area contributed by atoms with Crippen LogP contribution in [0.3, 0.4) is 0 Å². The molecule has 0 spiro atoms. The molecule has 0 unspecified atom stereocenters. The molecule has 17 heavy (non-hydrogen) atoms. The van der Waals surface area contributed by atoms with Crippen molar-refractivity contribution >= 4 is 17.2 Å². The van der Waals surface area contributed by atoms with Crippen molar-refractivity contribution in [1.82, 2.24) is 10.3 Å². The highest BCUT2D eigenvalue weighted by Crippen LogP contribution is 2.04. The van der Waals surface area contributed by atoms with Gasteiger partial charge in [0.15, 0.2) is 0 Å². The third-order valence-corrected chi connectivity index (χ3v) is 3.06. The lowest BCUT2D eigenvalue weighted by atomic mass is 10.2. The predicted molar refractivity (Wildman–Crippen MR) is 69.2 cm³/mol. The van der Waals surface area contributed by atoms with Gasteiger partial charge in [0.05, 0.1) is 11.2 Å². The molecule has 0 radical (unpaired) electrons. The highest BCUT2D eigenvalue weighted by atomic mass is 32.1. The minimum absolute atomic E-state index is 0.105. The van der Waals surface area contributed by atoms with E-state index in [0.717, 1.165) is 44.6 Å². The summed E-state index contributed by atoms with van der Waals surface area (Å²) in [4.78, 5) is 15.1. The molecule has 0 aliphatic heterocycles. The third-order valence-electron chi connectivity index (χ3n) is 2.43. The number of thiazole rings is 1. The Bertz CT molecular complexity index is 301. The molecule has 0 fully saturated rings. The van der Waals surface area contributed by atoms with Crippen molar-refractivity contribution in [3.63, 3.8) is 0 Å². The van der Waals surface area contributed by atoms with Crippen LogP contribution < -0.4 is 5.32 Å². The SMILES string of the molecule is CNC(=O)CCCCOCCCc1cscn1. The maximum Gasteiger partial charge on any atom is 0.219 e. The van der Waals surface area contributed by atoms with E-state index in [1.807, 2.05) is 5.51 Å². The number of amides is 1. The number of unbranched alkanes of at least 4 members (excludes halogenated alkanes) is 1. The fourth-order valence-corrected chi connectivity index (χ4v) is 2.03. The standard InChI is InChI=1S/C12H20N2O2S/c1-13-12(15)6-2-3-7-16-8-4-5-11-9-17-10-14-11/h9-10H,2-8H2,1H3,(H,13,15). The van der Waals surface area contributed by atoms with Crippen LogP contribution in [0.15, 0.2) is 10.9 Å². The summed E-state index contributed by atoms with van der Waals surface area (Å²) in [7, 11) is 1.66. The largest absolute Gasteiger partial charge is 0.381 e. The lowest BCUT2D eigenvalue weighted by molar-refractivity contribution is -0.120. The lowest BCUT2D eigenvalue weighted by Crippen LogP contribution is -2.17. The van der Waals surface area contributed by atoms with Crippen molar-refractivity contribution in [3.8, 4) is 0 Å². The molecular weight excluding hydrogens is 236 g/mol. The Balaban J connectivity index is 1.83. The van der Waals surface area contributed by atoms with Gasteiger partial charge in [-0.05, 0) is 25.7 Å². The fraction of sp³-hybridized carbons (Fsp3) is 0.667. The van der Waals surface area contributed by atoms with Gasteiger partial charge < -0.3 is 10.1 Å². The molecule has 96 valence electrons. The molecule has 5 heteroatoms. The van der Waals surface area contributed by atoms with Gasteiger partial charge in [-0.2, -0.15) is 0 Å². The van der Waals surface area contributed by atoms with Crippen molar-refractivity contribution in [1.29, 1.82) is 0 Å². The first-order chi connectivity index (χ1) is 8.33. The summed E-state index contributed by atoms with van der Waals surface area (Å²) in [5.74, 6) is 0.105. The van der Waals surface area contributed by atoms with Gasteiger partial charge in [-0.15, -0.1) is 11.3 Å². The van der Waals surface area contributed by atoms with Crippen LogP contribution >= 0.6 is 11.3 Å². The Labute approximate surface area is 106 Å². The van der Waals surface area contributed by atoms with E-state index in [-0.39, 0.29) is 5.91 Å². The smallest absolute Gasteiger partial charge is 0.219 e. The van der Waals surface area contributed by atoms with E-state index in [2.05, 4.69) is 15.7 Å². The number of hydrogen-bond acceptors (Lipinski definition) is 4. The molecule has 0 saturated heterocycles. The first kappa shape index (κ1) is 14.1. The number of carbonyl (C=O) groups is 1. The van der Waals surface area contributed by atoms with Crippen molar-refractivity contribution in [2.75, 3.05) is 20.3 Å². The number of nitrogens with one attached hydrogen (secondary N) is 1. The summed E-state index contributed by atoms with van der Waals surface area (Å²) >= 11 is 1.63. The Morgan fingerprint density at radius 2 is 2.24 bits per heavy atom. The second-order valence-corrected chi connectivity index (χ2v) is 4.54. The van der Waals surface area contributed by atoms with Gasteiger partial charge >= 0.3 is 0 Å². The number of rotatable bonds is 9. The van der Waals surface area contributed by atoms with Crippen LogP contribution in [0.2, 0.25) is 0 Å². The molecular formula is C12H20N2O2S. The second-order valence-electron chi connectivity index (χ2n) is 3.83. The molecule has 0 aliphatic carbocycles. The third kappa shape index (κ3) is 7.07. The first-order valence-electron chi connectivity index (χ1n) is 5.98. The Kier molecular flexibility index (Phi) is 7.58. The maximum absolute atomic E-state index is 10.9. The first-order valence-corrected chi connectivity index (χ1v) is 6.92. The molecule has 0 saturated carbocycles. The molecule has 1 rings (SSSR count). The Morgan fingerprint density at radius 3 is 2.94 bits per heavy atom. The molecule has 0 aliphatic rings. The van der Waals surface area contributed by atoms with Crippen LogP contribution in [0.1, 0.15) is 31.4 Å². The van der Waals surface area contributed by atoms with Gasteiger partial charge in [-0.3, -0.25) is 4.79 Å². The average molecular weight is 256 g/mol. The molecule has 0 atom stereocenters. The van der Waals surface area contributed by atoms with Crippen LogP contribution in [0.4, 0.5) is 0 Å². The van der Waals surface area contributed by atoms with Crippen molar-refractivity contribution in [3.05, 3.63) is 16.6 Å². The molecule has 1 amide bonds. The van der Waals surface area contributed by atoms with Crippen LogP contribution in [0, 0.1) is 0 Å². The quantitative estimate of drug-likeness (QED) is 0.688. The van der Waals surface area contributed by atoms with Crippen molar-refractivity contribution in [2.45, 2.75) is 32.1 Å². The topological polar surface area (TPSA) is 51.2 Å². The van der Waals surface area contributed by atoms with Crippen LogP contribution in [0.25, 0.3) is 0 Å². The number of nitrogens with zero attached hydrogens (tertiary/aromatic N) is 1. The van der Waals surface area contributed by atoms with E-state index >= 15 is 0 Å². The highest BCUT2D eigenvalue weighted by molar-refractivity contribution is 7.07. The molecule has 0 aromatic carbocycles. The Hall–Kier alpha value is -0.940. The van der Waals surface area contributed by atoms with E-state index in [9.17, 15) is 4.79 Å². The van der Waals surface area contributed by atoms with Crippen LogP contribution in [-0.4, -0.2) is 31.2 Å². The summed E-state index contributed by atoms with van der Waals surface area (Å²) in [5.41, 5.74) is 3.01. The molecule has 1 N–H and O–H groups in total. The average Bonchev–Trinajstić information content (AvgIpc) is 2.85. The van der Waals surface area contributed by atoms with Gasteiger partial charge in [-0.1, -0.05) is 0 Å². The van der Waals surface area contributed by atoms with Crippen molar-refractivity contribution < 1.29 is 9.53 Å². The minimum atomic E-state index is 0.105. The van der Waals surface area contributed by atoms with E-state index < -0.39 is 0 Å². The Morgan fingerprint density at radius 1 is 1.41 bits per heavy atom. The number of aromatic nitrogens is 1. The summed E-state index contributed by atoms with van der Waals surface area (Å²) in [5, 5.41) is 4.68. The molecule has 1 aromatic rings. The van der Waals surface area contributed by atoms with Crippen molar-refractivity contribution in [2.24, 2.45) is 0 Å².